The average Bonchev–Trinajstić information content (AvgIpc) is 2.93. The fraction of sp³-hybridized carbons (Fsp3) is 0.500. The molecular weight excluding hydrogens is 248 g/mol. The number of nitrogens with two attached hydrogens (primary N) is 1. The van der Waals surface area contributed by atoms with Crippen LogP contribution in [0.4, 0.5) is 5.82 Å². The van der Waals surface area contributed by atoms with Crippen molar-refractivity contribution in [3.05, 3.63) is 41.3 Å². The second kappa shape index (κ2) is 5.65. The van der Waals surface area contributed by atoms with E-state index < -0.39 is 0 Å². The van der Waals surface area contributed by atoms with Crippen molar-refractivity contribution in [1.29, 1.82) is 0 Å². The predicted molar refractivity (Wildman–Crippen MR) is 80.5 cm³/mol. The number of hydrogen-bond donors (Lipinski definition) is 1. The third kappa shape index (κ3) is 2.69. The molecule has 0 amide bonds. The molecule has 4 heteroatoms. The van der Waals surface area contributed by atoms with Crippen LogP contribution in [0.2, 0.25) is 0 Å². The van der Waals surface area contributed by atoms with Crippen LogP contribution in [0.5, 0.6) is 0 Å². The van der Waals surface area contributed by atoms with Gasteiger partial charge in [-0.2, -0.15) is 5.10 Å². The lowest BCUT2D eigenvalue weighted by atomic mass is 9.96. The molecule has 0 saturated heterocycles. The van der Waals surface area contributed by atoms with Crippen molar-refractivity contribution in [2.24, 2.45) is 0 Å². The summed E-state index contributed by atoms with van der Waals surface area (Å²) < 4.78 is 2.15. The van der Waals surface area contributed by atoms with E-state index >= 15 is 0 Å². The van der Waals surface area contributed by atoms with Gasteiger partial charge in [0.1, 0.15) is 5.82 Å². The number of anilines is 1. The van der Waals surface area contributed by atoms with Crippen LogP contribution in [0.25, 0.3) is 0 Å². The molecule has 0 aliphatic heterocycles. The minimum absolute atomic E-state index is 0.588. The molecule has 0 atom stereocenters. The van der Waals surface area contributed by atoms with Crippen molar-refractivity contribution < 1.29 is 0 Å². The first-order valence-corrected chi connectivity index (χ1v) is 7.48. The number of nitrogens with zero attached hydrogens (tertiary/aromatic N) is 3. The van der Waals surface area contributed by atoms with Gasteiger partial charge in [0.25, 0.3) is 0 Å². The van der Waals surface area contributed by atoms with Crippen LogP contribution in [0.1, 0.15) is 55.0 Å². The fourth-order valence-electron chi connectivity index (χ4n) is 3.04. The van der Waals surface area contributed by atoms with Crippen LogP contribution < -0.4 is 5.73 Å². The van der Waals surface area contributed by atoms with E-state index in [-0.39, 0.29) is 0 Å². The molecule has 106 valence electrons. The normalized spacial score (nSPS) is 16.4. The highest BCUT2D eigenvalue weighted by Gasteiger charge is 2.16. The van der Waals surface area contributed by atoms with Gasteiger partial charge in [0.15, 0.2) is 0 Å². The van der Waals surface area contributed by atoms with E-state index in [4.69, 9.17) is 10.8 Å². The molecule has 2 heterocycles. The summed E-state index contributed by atoms with van der Waals surface area (Å²) in [6, 6.07) is 4.70. The Labute approximate surface area is 120 Å². The van der Waals surface area contributed by atoms with Gasteiger partial charge in [-0.25, -0.2) is 4.98 Å². The topological polar surface area (TPSA) is 56.7 Å². The van der Waals surface area contributed by atoms with Gasteiger partial charge in [-0.05, 0) is 37.5 Å². The molecule has 0 spiro atoms. The van der Waals surface area contributed by atoms with Crippen molar-refractivity contribution in [1.82, 2.24) is 14.8 Å². The highest BCUT2D eigenvalue weighted by molar-refractivity contribution is 5.45. The van der Waals surface area contributed by atoms with E-state index in [1.807, 2.05) is 6.07 Å². The van der Waals surface area contributed by atoms with Crippen molar-refractivity contribution in [2.75, 3.05) is 5.73 Å². The Bertz CT molecular complexity index is 562. The van der Waals surface area contributed by atoms with Gasteiger partial charge in [0.2, 0.25) is 0 Å². The Morgan fingerprint density at radius 1 is 1.25 bits per heavy atom. The maximum atomic E-state index is 5.97. The second-order valence-electron chi connectivity index (χ2n) is 5.75. The molecule has 1 aliphatic carbocycles. The summed E-state index contributed by atoms with van der Waals surface area (Å²) in [6.45, 7) is 2.07. The first-order chi connectivity index (χ1) is 9.74. The van der Waals surface area contributed by atoms with Crippen LogP contribution in [0.3, 0.4) is 0 Å². The maximum absolute atomic E-state index is 5.97. The zero-order valence-electron chi connectivity index (χ0n) is 12.0. The molecule has 4 nitrogen and oxygen atoms in total. The van der Waals surface area contributed by atoms with Crippen molar-refractivity contribution in [2.45, 2.75) is 51.5 Å². The van der Waals surface area contributed by atoms with Crippen LogP contribution >= 0.6 is 0 Å². The SMILES string of the molecule is Cc1ccnc(N)c1Cc1ccn(C2CCCCC2)n1. The second-order valence-corrected chi connectivity index (χ2v) is 5.75. The molecule has 0 unspecified atom stereocenters. The van der Waals surface area contributed by atoms with Crippen LogP contribution in [-0.4, -0.2) is 14.8 Å². The average molecular weight is 270 g/mol. The number of pyridine rings is 1. The van der Waals surface area contributed by atoms with E-state index in [9.17, 15) is 0 Å². The lowest BCUT2D eigenvalue weighted by Crippen LogP contribution is -2.13. The van der Waals surface area contributed by atoms with Gasteiger partial charge in [0.05, 0.1) is 11.7 Å². The lowest BCUT2D eigenvalue weighted by Gasteiger charge is -2.21. The Hall–Kier alpha value is -1.84. The van der Waals surface area contributed by atoms with Crippen LogP contribution in [0, 0.1) is 6.92 Å². The van der Waals surface area contributed by atoms with Crippen molar-refractivity contribution in [3.8, 4) is 0 Å². The van der Waals surface area contributed by atoms with E-state index in [0.29, 0.717) is 11.9 Å². The van der Waals surface area contributed by atoms with Gasteiger partial charge < -0.3 is 5.73 Å². The van der Waals surface area contributed by atoms with E-state index in [2.05, 4.69) is 28.9 Å². The van der Waals surface area contributed by atoms with E-state index in [0.717, 1.165) is 17.7 Å². The highest BCUT2D eigenvalue weighted by Crippen LogP contribution is 2.27. The summed E-state index contributed by atoms with van der Waals surface area (Å²) >= 11 is 0. The number of aromatic nitrogens is 3. The molecule has 0 bridgehead atoms. The lowest BCUT2D eigenvalue weighted by molar-refractivity contribution is 0.328. The predicted octanol–water partition coefficient (Wildman–Crippen LogP) is 3.26. The summed E-state index contributed by atoms with van der Waals surface area (Å²) in [5, 5.41) is 4.74. The number of hydrogen-bond acceptors (Lipinski definition) is 3. The smallest absolute Gasteiger partial charge is 0.127 e. The van der Waals surface area contributed by atoms with E-state index in [1.54, 1.807) is 6.20 Å². The summed E-state index contributed by atoms with van der Waals surface area (Å²) in [4.78, 5) is 4.18. The monoisotopic (exact) mass is 270 g/mol. The van der Waals surface area contributed by atoms with Gasteiger partial charge in [0, 0.05) is 24.4 Å². The highest BCUT2D eigenvalue weighted by atomic mass is 15.3. The first kappa shape index (κ1) is 13.2. The third-order valence-electron chi connectivity index (χ3n) is 4.29. The first-order valence-electron chi connectivity index (χ1n) is 7.48. The molecule has 1 aliphatic rings. The van der Waals surface area contributed by atoms with Crippen LogP contribution in [0.15, 0.2) is 24.5 Å². The van der Waals surface area contributed by atoms with E-state index in [1.165, 1.54) is 37.7 Å². The van der Waals surface area contributed by atoms with Crippen molar-refractivity contribution in [3.63, 3.8) is 0 Å². The molecule has 20 heavy (non-hydrogen) atoms. The summed E-state index contributed by atoms with van der Waals surface area (Å²) in [5.74, 6) is 0.622. The molecule has 3 rings (SSSR count). The molecule has 2 aromatic heterocycles. The zero-order chi connectivity index (χ0) is 13.9. The third-order valence-corrected chi connectivity index (χ3v) is 4.29. The quantitative estimate of drug-likeness (QED) is 0.931. The molecular formula is C16H22N4. The van der Waals surface area contributed by atoms with Gasteiger partial charge >= 0.3 is 0 Å². The summed E-state index contributed by atoms with van der Waals surface area (Å²) in [6.07, 6.45) is 11.2. The molecule has 2 aromatic rings. The fourth-order valence-corrected chi connectivity index (χ4v) is 3.04. The molecule has 1 saturated carbocycles. The number of nitrogen functional groups attached to an aromatic ring is 1. The minimum atomic E-state index is 0.588. The molecule has 0 aromatic carbocycles. The number of aryl methyl sites for hydroxylation is 1. The van der Waals surface area contributed by atoms with Gasteiger partial charge in [-0.1, -0.05) is 19.3 Å². The van der Waals surface area contributed by atoms with Gasteiger partial charge in [-0.3, -0.25) is 4.68 Å². The Balaban J connectivity index is 1.77. The van der Waals surface area contributed by atoms with Crippen LogP contribution in [-0.2, 0) is 6.42 Å². The Kier molecular flexibility index (Phi) is 3.72. The largest absolute Gasteiger partial charge is 0.383 e. The minimum Gasteiger partial charge on any atom is -0.383 e. The standard InChI is InChI=1S/C16H22N4/c1-12-7-9-18-16(17)15(12)11-13-8-10-20(19-13)14-5-3-2-4-6-14/h7-10,14H,2-6,11H2,1H3,(H2,17,18). The number of rotatable bonds is 3. The summed E-state index contributed by atoms with van der Waals surface area (Å²) in [7, 11) is 0. The molecule has 1 fully saturated rings. The molecule has 0 radical (unpaired) electrons. The Morgan fingerprint density at radius 2 is 2.05 bits per heavy atom. The maximum Gasteiger partial charge on any atom is 0.127 e. The van der Waals surface area contributed by atoms with Gasteiger partial charge in [-0.15, -0.1) is 0 Å². The summed E-state index contributed by atoms with van der Waals surface area (Å²) in [5.41, 5.74) is 9.34. The molecule has 2 N–H and O–H groups in total. The van der Waals surface area contributed by atoms with Crippen molar-refractivity contribution >= 4 is 5.82 Å². The Morgan fingerprint density at radius 3 is 2.80 bits per heavy atom. The zero-order valence-corrected chi connectivity index (χ0v) is 12.0.